The van der Waals surface area contributed by atoms with Crippen LogP contribution in [0.2, 0.25) is 0 Å². The molecule has 0 saturated carbocycles. The Balaban J connectivity index is 3.21. The van der Waals surface area contributed by atoms with Crippen molar-refractivity contribution in [2.45, 2.75) is 25.9 Å². The zero-order chi connectivity index (χ0) is 13.1. The van der Waals surface area contributed by atoms with Crippen LogP contribution in [0.3, 0.4) is 0 Å². The number of allylic oxidation sites excluding steroid dienone is 5. The third-order valence-corrected chi connectivity index (χ3v) is 3.26. The Morgan fingerprint density at radius 3 is 2.59 bits per heavy atom. The number of halogens is 1. The molecule has 3 nitrogen and oxygen atoms in total. The van der Waals surface area contributed by atoms with Crippen molar-refractivity contribution in [3.05, 3.63) is 46.7 Å². The Kier molecular flexibility index (Phi) is 4.32. The molecular formula is C13H15ClO3. The molecule has 0 saturated heterocycles. The normalized spacial score (nSPS) is 28.9. The fourth-order valence-electron chi connectivity index (χ4n) is 1.70. The minimum atomic E-state index is -1.48. The Morgan fingerprint density at radius 1 is 1.41 bits per heavy atom. The second-order valence-electron chi connectivity index (χ2n) is 3.89. The lowest BCUT2D eigenvalue weighted by Crippen LogP contribution is -2.35. The van der Waals surface area contributed by atoms with E-state index in [2.05, 4.69) is 0 Å². The predicted molar refractivity (Wildman–Crippen MR) is 67.8 cm³/mol. The van der Waals surface area contributed by atoms with Crippen molar-refractivity contribution in [1.29, 1.82) is 0 Å². The molecule has 1 atom stereocenters. The van der Waals surface area contributed by atoms with Gasteiger partial charge in [-0.2, -0.15) is 0 Å². The smallest absolute Gasteiger partial charge is 0.169 e. The Morgan fingerprint density at radius 2 is 2.06 bits per heavy atom. The van der Waals surface area contributed by atoms with E-state index in [-0.39, 0.29) is 22.8 Å². The number of carbonyl (C=O) groups is 1. The lowest BCUT2D eigenvalue weighted by Gasteiger charge is -2.30. The van der Waals surface area contributed by atoms with E-state index in [0.29, 0.717) is 5.57 Å². The van der Waals surface area contributed by atoms with E-state index in [0.717, 1.165) is 6.26 Å². The molecule has 0 heterocycles. The van der Waals surface area contributed by atoms with E-state index < -0.39 is 5.60 Å². The fourth-order valence-corrected chi connectivity index (χ4v) is 1.93. The minimum absolute atomic E-state index is 0.152. The number of Topliss-reactive ketones (excluding diaryl/α,β-unsaturated/α-hetero) is 1. The summed E-state index contributed by atoms with van der Waals surface area (Å²) in [7, 11) is 0. The zero-order valence-corrected chi connectivity index (χ0v) is 10.5. The number of aliphatic hydroxyl groups excluding tert-OH is 1. The maximum atomic E-state index is 11.7. The third kappa shape index (κ3) is 2.68. The van der Waals surface area contributed by atoms with E-state index in [1.165, 1.54) is 6.08 Å². The van der Waals surface area contributed by atoms with Gasteiger partial charge in [-0.1, -0.05) is 29.8 Å². The highest BCUT2D eigenvalue weighted by atomic mass is 35.5. The summed E-state index contributed by atoms with van der Waals surface area (Å²) in [6.45, 7) is 3.44. The van der Waals surface area contributed by atoms with Gasteiger partial charge in [-0.15, -0.1) is 0 Å². The molecule has 0 aliphatic heterocycles. The van der Waals surface area contributed by atoms with Gasteiger partial charge >= 0.3 is 0 Å². The maximum Gasteiger partial charge on any atom is 0.169 e. The van der Waals surface area contributed by atoms with Crippen molar-refractivity contribution in [1.82, 2.24) is 0 Å². The standard InChI is InChI=1S/C13H15ClO3/c1-3-4-5-6-13(17)7-11(16)10(8-15)9(2)12(13)14/h3-6,8,15,17H,7H2,1-2H3. The van der Waals surface area contributed by atoms with Crippen LogP contribution in [0.1, 0.15) is 20.3 Å². The van der Waals surface area contributed by atoms with E-state index >= 15 is 0 Å². The minimum Gasteiger partial charge on any atom is -0.515 e. The van der Waals surface area contributed by atoms with Gasteiger partial charge < -0.3 is 10.2 Å². The van der Waals surface area contributed by atoms with Gasteiger partial charge in [0.1, 0.15) is 5.60 Å². The molecule has 0 spiro atoms. The second-order valence-corrected chi connectivity index (χ2v) is 4.27. The van der Waals surface area contributed by atoms with Crippen molar-refractivity contribution in [2.75, 3.05) is 0 Å². The van der Waals surface area contributed by atoms with Crippen LogP contribution in [0, 0.1) is 0 Å². The number of carbonyl (C=O) groups excluding carboxylic acids is 1. The van der Waals surface area contributed by atoms with Gasteiger partial charge in [0.15, 0.2) is 5.78 Å². The molecular weight excluding hydrogens is 240 g/mol. The van der Waals surface area contributed by atoms with Gasteiger partial charge in [0.25, 0.3) is 0 Å². The first kappa shape index (κ1) is 13.7. The molecule has 1 unspecified atom stereocenters. The van der Waals surface area contributed by atoms with Crippen LogP contribution in [0.15, 0.2) is 46.7 Å². The Bertz CT molecular complexity index is 444. The summed E-state index contributed by atoms with van der Waals surface area (Å²) in [6, 6.07) is 0. The highest BCUT2D eigenvalue weighted by molar-refractivity contribution is 6.33. The van der Waals surface area contributed by atoms with Crippen LogP contribution in [0.4, 0.5) is 0 Å². The molecule has 2 N–H and O–H groups in total. The van der Waals surface area contributed by atoms with Crippen LogP contribution < -0.4 is 0 Å². The van der Waals surface area contributed by atoms with Crippen molar-refractivity contribution in [2.24, 2.45) is 0 Å². The molecule has 1 rings (SSSR count). The average molecular weight is 255 g/mol. The van der Waals surface area contributed by atoms with Gasteiger partial charge in [-0.05, 0) is 25.5 Å². The molecule has 1 aliphatic rings. The Labute approximate surface area is 105 Å². The molecule has 0 fully saturated rings. The van der Waals surface area contributed by atoms with Crippen LogP contribution >= 0.6 is 11.6 Å². The lowest BCUT2D eigenvalue weighted by molar-refractivity contribution is -0.118. The molecule has 0 aromatic heterocycles. The van der Waals surface area contributed by atoms with Crippen LogP contribution in [0.25, 0.3) is 0 Å². The lowest BCUT2D eigenvalue weighted by atomic mass is 9.83. The molecule has 17 heavy (non-hydrogen) atoms. The summed E-state index contributed by atoms with van der Waals surface area (Å²) in [4.78, 5) is 11.7. The average Bonchev–Trinajstić information content (AvgIpc) is 2.27. The van der Waals surface area contributed by atoms with E-state index in [9.17, 15) is 9.90 Å². The van der Waals surface area contributed by atoms with Crippen molar-refractivity contribution >= 4 is 17.4 Å². The van der Waals surface area contributed by atoms with Gasteiger partial charge in [0, 0.05) is 6.42 Å². The molecule has 1 aliphatic carbocycles. The topological polar surface area (TPSA) is 57.5 Å². The molecule has 0 bridgehead atoms. The zero-order valence-electron chi connectivity index (χ0n) is 9.77. The monoisotopic (exact) mass is 254 g/mol. The Hall–Kier alpha value is -1.32. The summed E-state index contributed by atoms with van der Waals surface area (Å²) in [5, 5.41) is 19.4. The largest absolute Gasteiger partial charge is 0.515 e. The summed E-state index contributed by atoms with van der Waals surface area (Å²) in [5.41, 5.74) is -0.925. The van der Waals surface area contributed by atoms with Gasteiger partial charge in [0.2, 0.25) is 0 Å². The highest BCUT2D eigenvalue weighted by Gasteiger charge is 2.38. The van der Waals surface area contributed by atoms with Crippen molar-refractivity contribution < 1.29 is 15.0 Å². The number of aliphatic hydroxyl groups is 2. The van der Waals surface area contributed by atoms with Crippen LogP contribution in [0.5, 0.6) is 0 Å². The second kappa shape index (κ2) is 5.34. The number of rotatable bonds is 2. The van der Waals surface area contributed by atoms with E-state index in [1.807, 2.05) is 6.92 Å². The highest BCUT2D eigenvalue weighted by Crippen LogP contribution is 2.37. The molecule has 4 heteroatoms. The molecule has 92 valence electrons. The summed E-state index contributed by atoms with van der Waals surface area (Å²) >= 11 is 6.04. The summed E-state index contributed by atoms with van der Waals surface area (Å²) in [6.07, 6.45) is 7.22. The molecule has 0 aromatic carbocycles. The third-order valence-electron chi connectivity index (χ3n) is 2.65. The number of ketones is 1. The number of hydrogen-bond acceptors (Lipinski definition) is 3. The van der Waals surface area contributed by atoms with E-state index in [1.54, 1.807) is 25.2 Å². The molecule has 0 aromatic rings. The first-order valence-corrected chi connectivity index (χ1v) is 5.61. The number of hydrogen-bond donors (Lipinski definition) is 2. The van der Waals surface area contributed by atoms with Crippen molar-refractivity contribution in [3.8, 4) is 0 Å². The van der Waals surface area contributed by atoms with Crippen molar-refractivity contribution in [3.63, 3.8) is 0 Å². The first-order valence-electron chi connectivity index (χ1n) is 5.24. The van der Waals surface area contributed by atoms with Gasteiger partial charge in [-0.25, -0.2) is 0 Å². The van der Waals surface area contributed by atoms with Crippen LogP contribution in [-0.2, 0) is 4.79 Å². The molecule has 0 radical (unpaired) electrons. The SMILES string of the molecule is CC=CC=CC1(O)CC(=O)C(=CO)C(C)=C1Cl. The summed E-state index contributed by atoms with van der Waals surface area (Å²) < 4.78 is 0. The quantitative estimate of drug-likeness (QED) is 0.453. The summed E-state index contributed by atoms with van der Waals surface area (Å²) in [5.74, 6) is -0.331. The van der Waals surface area contributed by atoms with Gasteiger partial charge in [-0.3, -0.25) is 4.79 Å². The van der Waals surface area contributed by atoms with Gasteiger partial charge in [0.05, 0.1) is 16.9 Å². The first-order chi connectivity index (χ1) is 7.96. The molecule has 0 amide bonds. The fraction of sp³-hybridized carbons (Fsp3) is 0.308. The predicted octanol–water partition coefficient (Wildman–Crippen LogP) is 2.78. The van der Waals surface area contributed by atoms with E-state index in [4.69, 9.17) is 16.7 Å². The maximum absolute atomic E-state index is 11.7. The van der Waals surface area contributed by atoms with Crippen LogP contribution in [-0.4, -0.2) is 21.6 Å².